The van der Waals surface area contributed by atoms with Gasteiger partial charge in [0.25, 0.3) is 0 Å². The Morgan fingerprint density at radius 1 is 1.00 bits per heavy atom. The van der Waals surface area contributed by atoms with E-state index in [1.807, 2.05) is 0 Å². The molecule has 8 heteroatoms. The van der Waals surface area contributed by atoms with Crippen LogP contribution in [-0.4, -0.2) is 28.2 Å². The van der Waals surface area contributed by atoms with Gasteiger partial charge in [0.1, 0.15) is 0 Å². The van der Waals surface area contributed by atoms with Crippen LogP contribution in [0.5, 0.6) is 0 Å². The molecule has 0 saturated heterocycles. The molecule has 8 heavy (non-hydrogen) atoms. The third-order valence-corrected chi connectivity index (χ3v) is 0. The predicted molar refractivity (Wildman–Crippen MR) is 16.0 cm³/mol. The van der Waals surface area contributed by atoms with Crippen LogP contribution >= 0.6 is 0 Å². The zero-order valence-corrected chi connectivity index (χ0v) is 7.06. The van der Waals surface area contributed by atoms with Gasteiger partial charge in [0, 0.05) is 0 Å². The topological polar surface area (TPSA) is 115 Å². The average Bonchev–Trinajstić information content (AvgIpc) is 1.27. The van der Waals surface area contributed by atoms with Crippen LogP contribution in [0.15, 0.2) is 0 Å². The van der Waals surface area contributed by atoms with E-state index in [9.17, 15) is 0 Å². The van der Waals surface area contributed by atoms with Gasteiger partial charge in [0.05, 0.1) is 0 Å². The number of hydrogen-bond acceptors (Lipinski definition) is 6. The summed E-state index contributed by atoms with van der Waals surface area (Å²) >= 11 is -2.27. The van der Waals surface area contributed by atoms with Crippen molar-refractivity contribution in [2.24, 2.45) is 0 Å². The molecule has 0 aliphatic carbocycles. The van der Waals surface area contributed by atoms with Gasteiger partial charge in [-0.3, -0.25) is 0 Å². The first kappa shape index (κ1) is 11.4. The molecule has 0 unspecified atom stereocenters. The molecule has 4 N–H and O–H groups in total. The number of hydrogen-bond donors (Lipinski definition) is 4. The fourth-order valence-electron chi connectivity index (χ4n) is 0. The zero-order chi connectivity index (χ0) is 7.21. The van der Waals surface area contributed by atoms with Crippen molar-refractivity contribution >= 4 is 9.05 Å². The molecule has 0 aromatic rings. The molecule has 0 rings (SSSR count). The Morgan fingerprint density at radius 2 is 1.00 bits per heavy atom. The van der Waals surface area contributed by atoms with E-state index in [4.69, 9.17) is 24.8 Å². The van der Waals surface area contributed by atoms with E-state index in [-0.39, 0.29) is 0 Å². The molecule has 48 valence electrons. The Kier molecular flexibility index (Phi) is 8.05. The monoisotopic (exact) mass is 218 g/mol. The van der Waals surface area contributed by atoms with Gasteiger partial charge in [-0.15, -0.1) is 0 Å². The van der Waals surface area contributed by atoms with E-state index >= 15 is 0 Å². The van der Waals surface area contributed by atoms with Crippen LogP contribution in [0.3, 0.4) is 0 Å². The summed E-state index contributed by atoms with van der Waals surface area (Å²) in [5.41, 5.74) is 0. The Labute approximate surface area is 57.3 Å². The molecule has 0 fully saturated rings. The van der Waals surface area contributed by atoms with Crippen LogP contribution in [0.4, 0.5) is 0 Å². The van der Waals surface area contributed by atoms with Gasteiger partial charge in [0.2, 0.25) is 0 Å². The zero-order valence-electron chi connectivity index (χ0n) is 3.61. The molecule has 0 aliphatic heterocycles. The molecule has 0 amide bonds. The first-order chi connectivity index (χ1) is 3.41. The predicted octanol–water partition coefficient (Wildman–Crippen LogP) is -2.85. The van der Waals surface area contributed by atoms with Gasteiger partial charge in [0.15, 0.2) is 0 Å². The Bertz CT molecular complexity index is 69.0. The van der Waals surface area contributed by atoms with Crippen molar-refractivity contribution in [3.63, 3.8) is 0 Å². The minimum absolute atomic E-state index is 2.27. The molecule has 0 aromatic heterocycles. The van der Waals surface area contributed by atoms with Gasteiger partial charge in [-0.25, -0.2) is 0 Å². The van der Waals surface area contributed by atoms with Crippen LogP contribution in [0.2, 0.25) is 0 Å². The third kappa shape index (κ3) is 688. The van der Waals surface area contributed by atoms with Crippen LogP contribution < -0.4 is 0 Å². The van der Waals surface area contributed by atoms with Gasteiger partial charge >= 0.3 is 37.9 Å². The Balaban J connectivity index is 0. The molecular weight excluding hydrogens is 215 g/mol. The first-order valence-corrected chi connectivity index (χ1v) is 5.10. The van der Waals surface area contributed by atoms with E-state index in [1.54, 1.807) is 0 Å². The van der Waals surface area contributed by atoms with E-state index < -0.39 is 32.3 Å². The summed E-state index contributed by atoms with van der Waals surface area (Å²) in [4.78, 5) is 29.3. The van der Waals surface area contributed by atoms with Crippen LogP contribution in [0.25, 0.3) is 0 Å². The third-order valence-electron chi connectivity index (χ3n) is 0. The van der Waals surface area contributed by atoms with E-state index in [0.29, 0.717) is 0 Å². The molecule has 0 aliphatic rings. The fraction of sp³-hybridized carbons (Fsp3) is 0. The van der Waals surface area contributed by atoms with Crippen molar-refractivity contribution in [2.75, 3.05) is 0 Å². The first-order valence-electron chi connectivity index (χ1n) is 1.30. The Morgan fingerprint density at radius 3 is 1.00 bits per heavy atom. The SMILES string of the molecule is O[Si](O)(O)O.[O]=[Zr]=[O]. The van der Waals surface area contributed by atoms with Crippen molar-refractivity contribution in [1.82, 2.24) is 0 Å². The molecule has 6 nitrogen and oxygen atoms in total. The molecule has 0 spiro atoms. The van der Waals surface area contributed by atoms with Crippen molar-refractivity contribution in [3.05, 3.63) is 0 Å². The summed E-state index contributed by atoms with van der Waals surface area (Å²) in [6.45, 7) is 0. The second-order valence-corrected chi connectivity index (χ2v) is 2.29. The van der Waals surface area contributed by atoms with Crippen molar-refractivity contribution in [1.29, 1.82) is 0 Å². The molecule has 0 aromatic carbocycles. The fourth-order valence-corrected chi connectivity index (χ4v) is 0. The summed E-state index contributed by atoms with van der Waals surface area (Å²) in [5, 5.41) is 0. The maximum absolute atomic E-state index is 8.54. The number of rotatable bonds is 0. The summed E-state index contributed by atoms with van der Waals surface area (Å²) < 4.78 is 17.1. The van der Waals surface area contributed by atoms with Gasteiger partial charge < -0.3 is 19.2 Å². The molecular formula is H4O6SiZr. The molecule has 0 saturated carbocycles. The summed E-state index contributed by atoms with van der Waals surface area (Å²) in [7, 11) is -4.61. The second-order valence-electron chi connectivity index (χ2n) is 0.683. The molecule has 0 atom stereocenters. The van der Waals surface area contributed by atoms with Crippen molar-refractivity contribution < 1.29 is 48.1 Å². The molecule has 0 bridgehead atoms. The van der Waals surface area contributed by atoms with Gasteiger partial charge in [-0.2, -0.15) is 0 Å². The van der Waals surface area contributed by atoms with Crippen molar-refractivity contribution in [3.8, 4) is 0 Å². The minimum atomic E-state index is -4.61. The average molecular weight is 219 g/mol. The summed E-state index contributed by atoms with van der Waals surface area (Å²) in [6, 6.07) is 0. The summed E-state index contributed by atoms with van der Waals surface area (Å²) in [5.74, 6) is 0. The van der Waals surface area contributed by atoms with E-state index in [1.165, 1.54) is 0 Å². The quantitative estimate of drug-likeness (QED) is 0.326. The molecule has 0 heterocycles. The Hall–Kier alpha value is 0.540. The second kappa shape index (κ2) is 5.67. The van der Waals surface area contributed by atoms with Gasteiger partial charge in [-0.05, 0) is 0 Å². The van der Waals surface area contributed by atoms with E-state index in [2.05, 4.69) is 0 Å². The normalized spacial score (nSPS) is 8.50. The van der Waals surface area contributed by atoms with Crippen molar-refractivity contribution in [2.45, 2.75) is 0 Å². The standard InChI is InChI=1S/H4O4Si.2O.Zr/c1-5(2,3)4;;;/h1-4H;;;. The van der Waals surface area contributed by atoms with Crippen LogP contribution in [0, 0.1) is 0 Å². The maximum atomic E-state index is 8.54. The van der Waals surface area contributed by atoms with Crippen LogP contribution in [0.1, 0.15) is 0 Å². The van der Waals surface area contributed by atoms with Crippen LogP contribution in [-0.2, 0) is 28.9 Å². The summed E-state index contributed by atoms with van der Waals surface area (Å²) in [6.07, 6.45) is 0. The van der Waals surface area contributed by atoms with E-state index in [0.717, 1.165) is 0 Å². The van der Waals surface area contributed by atoms with Gasteiger partial charge in [-0.1, -0.05) is 0 Å². The molecule has 0 radical (unpaired) electrons.